The molecular weight excluding hydrogens is 251 g/mol. The standard InChI is InChI=1S/C7H6F3NO2S2/c8-7(9,10)15(12,13)6-3-1-2-5(4-6)11-14/h1-4,11,14H. The van der Waals surface area contributed by atoms with Crippen LogP contribution in [-0.4, -0.2) is 13.9 Å². The molecule has 0 saturated heterocycles. The number of hydrogen-bond donors (Lipinski definition) is 2. The summed E-state index contributed by atoms with van der Waals surface area (Å²) in [6.45, 7) is 0. The Morgan fingerprint density at radius 1 is 1.27 bits per heavy atom. The Morgan fingerprint density at radius 2 is 1.87 bits per heavy atom. The third-order valence-corrected chi connectivity index (χ3v) is 3.32. The molecule has 1 aromatic rings. The molecule has 0 aliphatic rings. The van der Waals surface area contributed by atoms with Gasteiger partial charge in [0.1, 0.15) is 0 Å². The van der Waals surface area contributed by atoms with Gasteiger partial charge in [0.2, 0.25) is 0 Å². The maximum Gasteiger partial charge on any atom is 0.501 e. The molecule has 0 bridgehead atoms. The quantitative estimate of drug-likeness (QED) is 0.799. The Morgan fingerprint density at radius 3 is 2.33 bits per heavy atom. The van der Waals surface area contributed by atoms with Crippen LogP contribution in [0.4, 0.5) is 18.9 Å². The van der Waals surface area contributed by atoms with Crippen molar-refractivity contribution >= 4 is 28.3 Å². The molecule has 84 valence electrons. The maximum absolute atomic E-state index is 12.1. The van der Waals surface area contributed by atoms with Crippen molar-refractivity contribution in [3.63, 3.8) is 0 Å². The smallest absolute Gasteiger partial charge is 0.332 e. The highest BCUT2D eigenvalue weighted by Crippen LogP contribution is 2.31. The molecule has 8 heteroatoms. The van der Waals surface area contributed by atoms with Gasteiger partial charge < -0.3 is 4.72 Å². The molecule has 0 spiro atoms. The number of rotatable bonds is 2. The zero-order valence-corrected chi connectivity index (χ0v) is 8.83. The molecule has 0 fully saturated rings. The van der Waals surface area contributed by atoms with Crippen LogP contribution in [0.3, 0.4) is 0 Å². The van der Waals surface area contributed by atoms with Gasteiger partial charge in [-0.05, 0) is 18.2 Å². The van der Waals surface area contributed by atoms with Crippen molar-refractivity contribution in [3.8, 4) is 0 Å². The molecule has 1 rings (SSSR count). The van der Waals surface area contributed by atoms with Gasteiger partial charge in [0.15, 0.2) is 0 Å². The van der Waals surface area contributed by atoms with Crippen LogP contribution in [0.2, 0.25) is 0 Å². The number of halogens is 3. The fourth-order valence-corrected chi connectivity index (χ4v) is 1.81. The summed E-state index contributed by atoms with van der Waals surface area (Å²) in [4.78, 5) is -0.811. The van der Waals surface area contributed by atoms with Crippen LogP contribution in [0.1, 0.15) is 0 Å². The Balaban J connectivity index is 3.29. The molecule has 0 unspecified atom stereocenters. The Kier molecular flexibility index (Phi) is 3.19. The number of thiol groups is 1. The zero-order valence-electron chi connectivity index (χ0n) is 7.12. The van der Waals surface area contributed by atoms with E-state index in [4.69, 9.17) is 0 Å². The van der Waals surface area contributed by atoms with Crippen molar-refractivity contribution in [2.45, 2.75) is 10.4 Å². The van der Waals surface area contributed by atoms with Gasteiger partial charge in [-0.1, -0.05) is 18.9 Å². The number of hydrogen-bond acceptors (Lipinski definition) is 4. The highest BCUT2D eigenvalue weighted by Gasteiger charge is 2.46. The van der Waals surface area contributed by atoms with Gasteiger partial charge in [-0.2, -0.15) is 13.2 Å². The van der Waals surface area contributed by atoms with Gasteiger partial charge in [-0.3, -0.25) is 0 Å². The molecule has 0 atom stereocenters. The van der Waals surface area contributed by atoms with E-state index >= 15 is 0 Å². The second kappa shape index (κ2) is 3.93. The van der Waals surface area contributed by atoms with Crippen LogP contribution < -0.4 is 4.72 Å². The van der Waals surface area contributed by atoms with E-state index in [2.05, 4.69) is 17.5 Å². The molecule has 0 amide bonds. The highest BCUT2D eigenvalue weighted by atomic mass is 32.2. The van der Waals surface area contributed by atoms with E-state index in [-0.39, 0.29) is 5.69 Å². The fraction of sp³-hybridized carbons (Fsp3) is 0.143. The van der Waals surface area contributed by atoms with Crippen molar-refractivity contribution in [3.05, 3.63) is 24.3 Å². The summed E-state index contributed by atoms with van der Waals surface area (Å²) in [5.74, 6) is 0. The van der Waals surface area contributed by atoms with E-state index in [1.54, 1.807) is 0 Å². The van der Waals surface area contributed by atoms with Crippen LogP contribution in [0.25, 0.3) is 0 Å². The van der Waals surface area contributed by atoms with Crippen LogP contribution in [-0.2, 0) is 9.84 Å². The molecule has 0 aliphatic heterocycles. The molecule has 15 heavy (non-hydrogen) atoms. The van der Waals surface area contributed by atoms with Gasteiger partial charge in [0.25, 0.3) is 9.84 Å². The first-order valence-electron chi connectivity index (χ1n) is 3.60. The lowest BCUT2D eigenvalue weighted by Gasteiger charge is -2.08. The second-order valence-electron chi connectivity index (χ2n) is 2.59. The molecule has 0 aromatic heterocycles. The molecule has 3 nitrogen and oxygen atoms in total. The average molecular weight is 257 g/mol. The van der Waals surface area contributed by atoms with E-state index in [0.717, 1.165) is 12.1 Å². The number of anilines is 1. The summed E-state index contributed by atoms with van der Waals surface area (Å²) < 4.78 is 60.5. The monoisotopic (exact) mass is 257 g/mol. The SMILES string of the molecule is O=S(=O)(c1cccc(NS)c1)C(F)(F)F. The topological polar surface area (TPSA) is 46.2 Å². The predicted molar refractivity (Wildman–Crippen MR) is 52.3 cm³/mol. The van der Waals surface area contributed by atoms with Crippen molar-refractivity contribution < 1.29 is 21.6 Å². The lowest BCUT2D eigenvalue weighted by atomic mass is 10.3. The third-order valence-electron chi connectivity index (χ3n) is 1.58. The van der Waals surface area contributed by atoms with E-state index < -0.39 is 20.2 Å². The number of sulfone groups is 1. The van der Waals surface area contributed by atoms with Crippen LogP contribution in [0.5, 0.6) is 0 Å². The lowest BCUT2D eigenvalue weighted by molar-refractivity contribution is -0.0435. The molecule has 0 radical (unpaired) electrons. The minimum atomic E-state index is -5.29. The van der Waals surface area contributed by atoms with Crippen molar-refractivity contribution in [1.82, 2.24) is 0 Å². The molecular formula is C7H6F3NO2S2. The summed E-state index contributed by atoms with van der Waals surface area (Å²) >= 11 is 3.60. The van der Waals surface area contributed by atoms with Crippen molar-refractivity contribution in [2.75, 3.05) is 4.72 Å². The first-order chi connectivity index (χ1) is 6.79. The summed E-state index contributed by atoms with van der Waals surface area (Å²) in [7, 11) is -5.28. The van der Waals surface area contributed by atoms with Gasteiger partial charge in [0.05, 0.1) is 4.90 Å². The first-order valence-corrected chi connectivity index (χ1v) is 5.53. The van der Waals surface area contributed by atoms with Crippen molar-refractivity contribution in [1.29, 1.82) is 0 Å². The Bertz CT molecular complexity index is 456. The lowest BCUT2D eigenvalue weighted by Crippen LogP contribution is -2.23. The molecule has 1 aromatic carbocycles. The number of benzene rings is 1. The summed E-state index contributed by atoms with van der Waals surface area (Å²) in [6, 6.07) is 4.31. The van der Waals surface area contributed by atoms with E-state index in [1.807, 2.05) is 0 Å². The molecule has 0 heterocycles. The Hall–Kier alpha value is -0.890. The Labute approximate surface area is 89.8 Å². The van der Waals surface area contributed by atoms with E-state index in [0.29, 0.717) is 0 Å². The second-order valence-corrected chi connectivity index (χ2v) is 4.75. The van der Waals surface area contributed by atoms with Gasteiger partial charge in [-0.15, -0.1) is 0 Å². The largest absolute Gasteiger partial charge is 0.501 e. The van der Waals surface area contributed by atoms with E-state index in [9.17, 15) is 21.6 Å². The third kappa shape index (κ3) is 2.37. The van der Waals surface area contributed by atoms with Crippen LogP contribution in [0.15, 0.2) is 29.2 Å². The predicted octanol–water partition coefficient (Wildman–Crippen LogP) is 2.24. The highest BCUT2D eigenvalue weighted by molar-refractivity contribution is 7.92. The van der Waals surface area contributed by atoms with Gasteiger partial charge in [0, 0.05) is 5.69 Å². The average Bonchev–Trinajstić information content (AvgIpc) is 2.16. The van der Waals surface area contributed by atoms with Gasteiger partial charge in [-0.25, -0.2) is 8.42 Å². The van der Waals surface area contributed by atoms with Crippen molar-refractivity contribution in [2.24, 2.45) is 0 Å². The number of nitrogens with one attached hydrogen (secondary N) is 1. The first kappa shape index (κ1) is 12.2. The molecule has 1 N–H and O–H groups in total. The van der Waals surface area contributed by atoms with Crippen LogP contribution in [0, 0.1) is 0 Å². The molecule has 0 saturated carbocycles. The van der Waals surface area contributed by atoms with Crippen LogP contribution >= 0.6 is 12.8 Å². The maximum atomic E-state index is 12.1. The summed E-state index contributed by atoms with van der Waals surface area (Å²) in [5.41, 5.74) is -5.12. The van der Waals surface area contributed by atoms with E-state index in [1.165, 1.54) is 12.1 Å². The summed E-state index contributed by atoms with van der Waals surface area (Å²) in [5, 5.41) is 0. The minimum absolute atomic E-state index is 0.170. The fourth-order valence-electron chi connectivity index (χ4n) is 0.866. The summed E-state index contributed by atoms with van der Waals surface area (Å²) in [6.07, 6.45) is 0. The molecule has 0 aliphatic carbocycles. The zero-order chi connectivity index (χ0) is 11.7. The minimum Gasteiger partial charge on any atom is -0.332 e. The normalized spacial score (nSPS) is 12.5. The number of alkyl halides is 3. The van der Waals surface area contributed by atoms with Gasteiger partial charge >= 0.3 is 5.51 Å².